The first-order valence-corrected chi connectivity index (χ1v) is 6.48. The van der Waals surface area contributed by atoms with Gasteiger partial charge in [0, 0.05) is 7.05 Å². The third-order valence-corrected chi connectivity index (χ3v) is 3.47. The molecule has 0 aliphatic carbocycles. The van der Waals surface area contributed by atoms with Crippen LogP contribution in [0.3, 0.4) is 0 Å². The Morgan fingerprint density at radius 1 is 1.26 bits per heavy atom. The van der Waals surface area contributed by atoms with Crippen molar-refractivity contribution in [3.8, 4) is 0 Å². The summed E-state index contributed by atoms with van der Waals surface area (Å²) in [6.45, 7) is 0. The zero-order chi connectivity index (χ0) is 13.4. The van der Waals surface area contributed by atoms with Crippen molar-refractivity contribution >= 4 is 27.0 Å². The average Bonchev–Trinajstić information content (AvgIpc) is 2.77. The molecular formula is C12H11BrN6. The summed E-state index contributed by atoms with van der Waals surface area (Å²) in [6.07, 6.45) is 1.69. The van der Waals surface area contributed by atoms with Crippen LogP contribution in [-0.4, -0.2) is 25.0 Å². The molecule has 0 aliphatic rings. The van der Waals surface area contributed by atoms with Gasteiger partial charge in [0.25, 0.3) is 0 Å². The molecule has 0 spiro atoms. The molecule has 0 amide bonds. The molecule has 0 fully saturated rings. The van der Waals surface area contributed by atoms with Crippen LogP contribution >= 0.6 is 15.9 Å². The maximum atomic E-state index is 6.22. The standard InChI is InChI=1S/C12H11BrN6/c1-19-11(12(13)17-18-19)10(14)9-6-15-7-4-2-3-5-8(7)16-9/h2-6,10H,14H2,1H3. The molecule has 3 aromatic rings. The van der Waals surface area contributed by atoms with Crippen LogP contribution in [0.4, 0.5) is 0 Å². The average molecular weight is 319 g/mol. The Labute approximate surface area is 117 Å². The second-order valence-corrected chi connectivity index (χ2v) is 4.90. The van der Waals surface area contributed by atoms with Gasteiger partial charge in [0.05, 0.1) is 34.7 Å². The number of fused-ring (bicyclic) bond motifs is 1. The van der Waals surface area contributed by atoms with E-state index in [0.717, 1.165) is 16.7 Å². The van der Waals surface area contributed by atoms with Crippen molar-refractivity contribution in [2.24, 2.45) is 12.8 Å². The fourth-order valence-electron chi connectivity index (χ4n) is 1.93. The van der Waals surface area contributed by atoms with Gasteiger partial charge in [0.2, 0.25) is 0 Å². The van der Waals surface area contributed by atoms with E-state index in [-0.39, 0.29) is 0 Å². The van der Waals surface area contributed by atoms with Crippen LogP contribution in [0.2, 0.25) is 0 Å². The van der Waals surface area contributed by atoms with E-state index in [2.05, 4.69) is 36.2 Å². The van der Waals surface area contributed by atoms with Crippen LogP contribution in [0.5, 0.6) is 0 Å². The molecule has 0 saturated heterocycles. The molecule has 2 aromatic heterocycles. The summed E-state index contributed by atoms with van der Waals surface area (Å²) in [5, 5.41) is 7.84. The number of para-hydroxylation sites is 2. The van der Waals surface area contributed by atoms with Crippen LogP contribution in [0.1, 0.15) is 17.4 Å². The molecule has 3 rings (SSSR count). The monoisotopic (exact) mass is 318 g/mol. The van der Waals surface area contributed by atoms with E-state index >= 15 is 0 Å². The van der Waals surface area contributed by atoms with Gasteiger partial charge in [-0.25, -0.2) is 9.67 Å². The van der Waals surface area contributed by atoms with Crippen molar-refractivity contribution in [2.75, 3.05) is 0 Å². The van der Waals surface area contributed by atoms with Gasteiger partial charge >= 0.3 is 0 Å². The predicted molar refractivity (Wildman–Crippen MR) is 74.3 cm³/mol. The third kappa shape index (κ3) is 2.11. The highest BCUT2D eigenvalue weighted by Crippen LogP contribution is 2.23. The van der Waals surface area contributed by atoms with Gasteiger partial charge in [-0.05, 0) is 28.1 Å². The Morgan fingerprint density at radius 2 is 2.00 bits per heavy atom. The molecule has 96 valence electrons. The fourth-order valence-corrected chi connectivity index (χ4v) is 2.50. The van der Waals surface area contributed by atoms with Crippen molar-refractivity contribution in [3.05, 3.63) is 46.5 Å². The maximum absolute atomic E-state index is 6.22. The molecule has 0 bridgehead atoms. The molecule has 0 aliphatic heterocycles. The van der Waals surface area contributed by atoms with Gasteiger partial charge in [-0.1, -0.05) is 17.3 Å². The summed E-state index contributed by atoms with van der Waals surface area (Å²) in [5.74, 6) is 0. The smallest absolute Gasteiger partial charge is 0.153 e. The van der Waals surface area contributed by atoms with Crippen LogP contribution in [0.15, 0.2) is 35.1 Å². The van der Waals surface area contributed by atoms with E-state index in [1.165, 1.54) is 0 Å². The minimum Gasteiger partial charge on any atom is -0.318 e. The van der Waals surface area contributed by atoms with E-state index in [4.69, 9.17) is 5.73 Å². The van der Waals surface area contributed by atoms with Gasteiger partial charge in [-0.15, -0.1) is 5.10 Å². The lowest BCUT2D eigenvalue weighted by Gasteiger charge is -2.11. The zero-order valence-electron chi connectivity index (χ0n) is 10.2. The van der Waals surface area contributed by atoms with E-state index in [1.54, 1.807) is 17.9 Å². The highest BCUT2D eigenvalue weighted by atomic mass is 79.9. The highest BCUT2D eigenvalue weighted by molar-refractivity contribution is 9.10. The number of halogens is 1. The van der Waals surface area contributed by atoms with Gasteiger partial charge < -0.3 is 5.73 Å². The molecule has 19 heavy (non-hydrogen) atoms. The van der Waals surface area contributed by atoms with Crippen LogP contribution in [0, 0.1) is 0 Å². The number of aryl methyl sites for hydroxylation is 1. The molecule has 7 heteroatoms. The van der Waals surface area contributed by atoms with Crippen LogP contribution < -0.4 is 5.73 Å². The summed E-state index contributed by atoms with van der Waals surface area (Å²) < 4.78 is 2.25. The first-order chi connectivity index (χ1) is 9.16. The molecule has 2 N–H and O–H groups in total. The van der Waals surface area contributed by atoms with Crippen molar-refractivity contribution in [1.29, 1.82) is 0 Å². The Morgan fingerprint density at radius 3 is 2.68 bits per heavy atom. The van der Waals surface area contributed by atoms with Crippen LogP contribution in [-0.2, 0) is 7.05 Å². The number of rotatable bonds is 2. The maximum Gasteiger partial charge on any atom is 0.153 e. The SMILES string of the molecule is Cn1nnc(Br)c1C(N)c1cnc2ccccc2n1. The molecule has 1 aromatic carbocycles. The van der Waals surface area contributed by atoms with Gasteiger partial charge in [-0.3, -0.25) is 4.98 Å². The number of nitrogens with two attached hydrogens (primary N) is 1. The Balaban J connectivity index is 2.09. The lowest BCUT2D eigenvalue weighted by Crippen LogP contribution is -2.18. The Hall–Kier alpha value is -1.86. The van der Waals surface area contributed by atoms with Crippen molar-refractivity contribution < 1.29 is 0 Å². The second-order valence-electron chi connectivity index (χ2n) is 4.15. The summed E-state index contributed by atoms with van der Waals surface area (Å²) in [4.78, 5) is 8.90. The fraction of sp³-hybridized carbons (Fsp3) is 0.167. The van der Waals surface area contributed by atoms with Gasteiger partial charge in [-0.2, -0.15) is 0 Å². The first kappa shape index (κ1) is 12.2. The summed E-state index contributed by atoms with van der Waals surface area (Å²) in [6, 6.07) is 7.26. The van der Waals surface area contributed by atoms with E-state index in [1.807, 2.05) is 24.3 Å². The summed E-state index contributed by atoms with van der Waals surface area (Å²) in [5.41, 5.74) is 9.34. The van der Waals surface area contributed by atoms with E-state index < -0.39 is 6.04 Å². The predicted octanol–water partition coefficient (Wildman–Crippen LogP) is 1.57. The van der Waals surface area contributed by atoms with Crippen LogP contribution in [0.25, 0.3) is 11.0 Å². The quantitative estimate of drug-likeness (QED) is 0.775. The molecular weight excluding hydrogens is 308 g/mol. The number of hydrogen-bond donors (Lipinski definition) is 1. The number of nitrogens with zero attached hydrogens (tertiary/aromatic N) is 5. The minimum atomic E-state index is -0.425. The Kier molecular flexibility index (Phi) is 3.00. The number of aromatic nitrogens is 5. The molecule has 2 heterocycles. The van der Waals surface area contributed by atoms with E-state index in [9.17, 15) is 0 Å². The zero-order valence-corrected chi connectivity index (χ0v) is 11.7. The molecule has 6 nitrogen and oxygen atoms in total. The molecule has 1 atom stereocenters. The Bertz CT molecular complexity index is 718. The third-order valence-electron chi connectivity index (χ3n) is 2.91. The van der Waals surface area contributed by atoms with E-state index in [0.29, 0.717) is 10.3 Å². The van der Waals surface area contributed by atoms with Crippen molar-refractivity contribution in [2.45, 2.75) is 6.04 Å². The number of benzene rings is 1. The summed E-state index contributed by atoms with van der Waals surface area (Å²) in [7, 11) is 1.79. The van der Waals surface area contributed by atoms with Gasteiger partial charge in [0.15, 0.2) is 4.60 Å². The number of hydrogen-bond acceptors (Lipinski definition) is 5. The first-order valence-electron chi connectivity index (χ1n) is 5.69. The summed E-state index contributed by atoms with van der Waals surface area (Å²) >= 11 is 3.34. The van der Waals surface area contributed by atoms with Gasteiger partial charge in [0.1, 0.15) is 0 Å². The van der Waals surface area contributed by atoms with Crippen molar-refractivity contribution in [3.63, 3.8) is 0 Å². The topological polar surface area (TPSA) is 82.5 Å². The molecule has 0 radical (unpaired) electrons. The molecule has 1 unspecified atom stereocenters. The second kappa shape index (κ2) is 4.67. The van der Waals surface area contributed by atoms with Crippen molar-refractivity contribution in [1.82, 2.24) is 25.0 Å². The lowest BCUT2D eigenvalue weighted by atomic mass is 10.1. The minimum absolute atomic E-state index is 0.425. The lowest BCUT2D eigenvalue weighted by molar-refractivity contribution is 0.644. The highest BCUT2D eigenvalue weighted by Gasteiger charge is 2.19. The molecule has 0 saturated carbocycles. The normalized spacial score (nSPS) is 12.8. The largest absolute Gasteiger partial charge is 0.318 e.